The van der Waals surface area contributed by atoms with Crippen molar-refractivity contribution in [3.8, 4) is 11.3 Å². The van der Waals surface area contributed by atoms with Crippen molar-refractivity contribution in [2.75, 3.05) is 5.32 Å². The van der Waals surface area contributed by atoms with E-state index < -0.39 is 0 Å². The maximum Gasteiger partial charge on any atom is 0.248 e. The average molecular weight is 475 g/mol. The van der Waals surface area contributed by atoms with Gasteiger partial charge in [0, 0.05) is 40.2 Å². The maximum absolute atomic E-state index is 12.0. The van der Waals surface area contributed by atoms with Crippen molar-refractivity contribution in [2.45, 2.75) is 30.9 Å². The van der Waals surface area contributed by atoms with Gasteiger partial charge in [0.2, 0.25) is 5.56 Å². The van der Waals surface area contributed by atoms with E-state index in [0.29, 0.717) is 12.3 Å². The van der Waals surface area contributed by atoms with Gasteiger partial charge >= 0.3 is 0 Å². The zero-order valence-electron chi connectivity index (χ0n) is 18.0. The molecule has 0 radical (unpaired) electrons. The Kier molecular flexibility index (Phi) is 6.23. The minimum absolute atomic E-state index is 0.0931. The van der Waals surface area contributed by atoms with E-state index in [9.17, 15) is 4.79 Å². The van der Waals surface area contributed by atoms with Gasteiger partial charge in [-0.2, -0.15) is 0 Å². The van der Waals surface area contributed by atoms with Gasteiger partial charge in [0.1, 0.15) is 0 Å². The van der Waals surface area contributed by atoms with Crippen LogP contribution in [-0.4, -0.2) is 24.7 Å². The first kappa shape index (κ1) is 21.4. The third kappa shape index (κ3) is 4.69. The number of thiazole rings is 1. The topological polar surface area (TPSA) is 88.5 Å². The number of rotatable bonds is 8. The van der Waals surface area contributed by atoms with Crippen molar-refractivity contribution in [3.05, 3.63) is 87.8 Å². The molecule has 0 saturated carbocycles. The number of anilines is 1. The van der Waals surface area contributed by atoms with E-state index in [1.165, 1.54) is 0 Å². The number of aromatic nitrogens is 5. The minimum atomic E-state index is -0.0931. The molecule has 0 amide bonds. The SMILES string of the molecule is CCn1c(CNc2nc(-c3ccccc3)cs2)nnc1SCc1cc(=O)[nH]c2ccccc12. The van der Waals surface area contributed by atoms with Gasteiger partial charge in [-0.25, -0.2) is 4.98 Å². The number of nitrogens with one attached hydrogen (secondary N) is 2. The number of thioether (sulfide) groups is 1. The molecule has 3 heterocycles. The highest BCUT2D eigenvalue weighted by atomic mass is 32.2. The highest BCUT2D eigenvalue weighted by molar-refractivity contribution is 7.98. The van der Waals surface area contributed by atoms with E-state index in [4.69, 9.17) is 0 Å². The van der Waals surface area contributed by atoms with Crippen LogP contribution in [0.4, 0.5) is 5.13 Å². The Bertz CT molecular complexity index is 1440. The fourth-order valence-corrected chi connectivity index (χ4v) is 5.39. The fraction of sp³-hybridized carbons (Fsp3) is 0.167. The molecule has 2 aromatic carbocycles. The number of nitrogens with zero attached hydrogens (tertiary/aromatic N) is 4. The van der Waals surface area contributed by atoms with Gasteiger partial charge in [-0.1, -0.05) is 60.3 Å². The highest BCUT2D eigenvalue weighted by Crippen LogP contribution is 2.27. The van der Waals surface area contributed by atoms with Gasteiger partial charge in [0.25, 0.3) is 0 Å². The summed E-state index contributed by atoms with van der Waals surface area (Å²) in [7, 11) is 0. The highest BCUT2D eigenvalue weighted by Gasteiger charge is 2.13. The Balaban J connectivity index is 1.29. The van der Waals surface area contributed by atoms with E-state index in [2.05, 4.69) is 54.5 Å². The number of hydrogen-bond donors (Lipinski definition) is 2. The molecule has 0 spiro atoms. The van der Waals surface area contributed by atoms with Crippen LogP contribution in [0.1, 0.15) is 18.3 Å². The Morgan fingerprint density at radius 2 is 1.91 bits per heavy atom. The first-order chi connectivity index (χ1) is 16.2. The van der Waals surface area contributed by atoms with E-state index >= 15 is 0 Å². The quantitative estimate of drug-likeness (QED) is 0.302. The molecule has 0 aliphatic heterocycles. The maximum atomic E-state index is 12.0. The summed E-state index contributed by atoms with van der Waals surface area (Å²) in [6, 6.07) is 19.7. The van der Waals surface area contributed by atoms with Gasteiger partial charge in [0.05, 0.1) is 12.2 Å². The van der Waals surface area contributed by atoms with Crippen molar-refractivity contribution in [2.24, 2.45) is 0 Å². The smallest absolute Gasteiger partial charge is 0.248 e. The van der Waals surface area contributed by atoms with E-state index in [1.807, 2.05) is 42.5 Å². The number of para-hydroxylation sites is 1. The van der Waals surface area contributed by atoms with Crippen LogP contribution in [0.3, 0.4) is 0 Å². The number of hydrogen-bond acceptors (Lipinski definition) is 7. The largest absolute Gasteiger partial charge is 0.354 e. The van der Waals surface area contributed by atoms with Crippen LogP contribution in [0.5, 0.6) is 0 Å². The predicted molar refractivity (Wildman–Crippen MR) is 135 cm³/mol. The van der Waals surface area contributed by atoms with E-state index in [1.54, 1.807) is 29.2 Å². The number of H-pyrrole nitrogens is 1. The summed E-state index contributed by atoms with van der Waals surface area (Å²) in [6.45, 7) is 3.38. The van der Waals surface area contributed by atoms with Crippen LogP contribution < -0.4 is 10.9 Å². The molecule has 166 valence electrons. The summed E-state index contributed by atoms with van der Waals surface area (Å²) in [5.74, 6) is 1.50. The van der Waals surface area contributed by atoms with E-state index in [0.717, 1.165) is 50.4 Å². The van der Waals surface area contributed by atoms with Crippen LogP contribution in [-0.2, 0) is 18.8 Å². The van der Waals surface area contributed by atoms with Gasteiger partial charge in [-0.15, -0.1) is 21.5 Å². The Labute approximate surface area is 198 Å². The summed E-state index contributed by atoms with van der Waals surface area (Å²) in [6.07, 6.45) is 0. The molecule has 9 heteroatoms. The lowest BCUT2D eigenvalue weighted by molar-refractivity contribution is 0.648. The minimum Gasteiger partial charge on any atom is -0.354 e. The van der Waals surface area contributed by atoms with E-state index in [-0.39, 0.29) is 5.56 Å². The summed E-state index contributed by atoms with van der Waals surface area (Å²) in [4.78, 5) is 19.6. The monoisotopic (exact) mass is 474 g/mol. The molecule has 0 unspecified atom stereocenters. The molecule has 0 aliphatic carbocycles. The van der Waals surface area contributed by atoms with Crippen molar-refractivity contribution in [3.63, 3.8) is 0 Å². The Morgan fingerprint density at radius 1 is 1.09 bits per heavy atom. The van der Waals surface area contributed by atoms with Gasteiger partial charge in [-0.3, -0.25) is 4.79 Å². The van der Waals surface area contributed by atoms with Crippen LogP contribution in [0, 0.1) is 0 Å². The normalized spacial score (nSPS) is 11.2. The Hall–Kier alpha value is -3.43. The molecule has 2 N–H and O–H groups in total. The Morgan fingerprint density at radius 3 is 2.76 bits per heavy atom. The number of fused-ring (bicyclic) bond motifs is 1. The van der Waals surface area contributed by atoms with Crippen molar-refractivity contribution in [1.82, 2.24) is 24.7 Å². The second kappa shape index (κ2) is 9.60. The first-order valence-corrected chi connectivity index (χ1v) is 12.5. The molecule has 5 aromatic rings. The molecule has 5 rings (SSSR count). The lowest BCUT2D eigenvalue weighted by atomic mass is 10.1. The molecule has 0 fully saturated rings. The molecule has 0 aliphatic rings. The van der Waals surface area contributed by atoms with Crippen LogP contribution >= 0.6 is 23.1 Å². The summed E-state index contributed by atoms with van der Waals surface area (Å²) in [5, 5.41) is 17.0. The molecule has 3 aromatic heterocycles. The lowest BCUT2D eigenvalue weighted by Gasteiger charge is -2.09. The lowest BCUT2D eigenvalue weighted by Crippen LogP contribution is -2.09. The molecular weight excluding hydrogens is 452 g/mol. The van der Waals surface area contributed by atoms with Crippen LogP contribution in [0.15, 0.2) is 76.0 Å². The second-order valence-corrected chi connectivity index (χ2v) is 9.19. The van der Waals surface area contributed by atoms with Gasteiger partial charge in [-0.05, 0) is 18.6 Å². The summed E-state index contributed by atoms with van der Waals surface area (Å²) < 4.78 is 2.10. The van der Waals surface area contributed by atoms with Gasteiger partial charge in [0.15, 0.2) is 16.1 Å². The third-order valence-corrected chi connectivity index (χ3v) is 7.09. The number of aromatic amines is 1. The molecule has 0 atom stereocenters. The average Bonchev–Trinajstić information content (AvgIpc) is 3.48. The predicted octanol–water partition coefficient (Wildman–Crippen LogP) is 5.17. The molecule has 0 bridgehead atoms. The number of benzene rings is 2. The summed E-state index contributed by atoms with van der Waals surface area (Å²) >= 11 is 3.16. The van der Waals surface area contributed by atoms with Crippen LogP contribution in [0.25, 0.3) is 22.2 Å². The zero-order chi connectivity index (χ0) is 22.6. The fourth-order valence-electron chi connectivity index (χ4n) is 3.66. The molecule has 33 heavy (non-hydrogen) atoms. The van der Waals surface area contributed by atoms with Crippen molar-refractivity contribution in [1.29, 1.82) is 0 Å². The van der Waals surface area contributed by atoms with Crippen molar-refractivity contribution < 1.29 is 0 Å². The molecule has 7 nitrogen and oxygen atoms in total. The summed E-state index contributed by atoms with van der Waals surface area (Å²) in [5.41, 5.74) is 3.80. The third-order valence-electron chi connectivity index (χ3n) is 5.27. The zero-order valence-corrected chi connectivity index (χ0v) is 19.6. The standard InChI is InChI=1S/C24H22N6OS2/c1-2-30-21(13-25-23-27-20(15-32-23)16-8-4-3-5-9-16)28-29-24(30)33-14-17-12-22(31)26-19-11-7-6-10-18(17)19/h3-12,15H,2,13-14H2,1H3,(H,25,27)(H,26,31). The van der Waals surface area contributed by atoms with Crippen molar-refractivity contribution >= 4 is 39.1 Å². The molecule has 0 saturated heterocycles. The van der Waals surface area contributed by atoms with Gasteiger partial charge < -0.3 is 14.9 Å². The second-order valence-electron chi connectivity index (χ2n) is 7.39. The molecular formula is C24H22N6OS2. The number of pyridine rings is 1. The first-order valence-electron chi connectivity index (χ1n) is 10.6. The van der Waals surface area contributed by atoms with Crippen LogP contribution in [0.2, 0.25) is 0 Å².